The monoisotopic (exact) mass is 494 g/mol. The van der Waals surface area contributed by atoms with Gasteiger partial charge >= 0.3 is 0 Å². The molecule has 0 aliphatic carbocycles. The van der Waals surface area contributed by atoms with Crippen LogP contribution >= 0.6 is 0 Å². The van der Waals surface area contributed by atoms with Crippen LogP contribution in [0.15, 0.2) is 72.8 Å². The number of fused-ring (bicyclic) bond motifs is 2. The molecule has 1 aliphatic heterocycles. The van der Waals surface area contributed by atoms with Crippen molar-refractivity contribution in [1.29, 1.82) is 0 Å². The predicted octanol–water partition coefficient (Wildman–Crippen LogP) is 2.71. The highest BCUT2D eigenvalue weighted by molar-refractivity contribution is 6.05. The molecule has 0 radical (unpaired) electrons. The second-order valence-electron chi connectivity index (χ2n) is 9.45. The zero-order valence-corrected chi connectivity index (χ0v) is 20.6. The third-order valence-corrected chi connectivity index (χ3v) is 6.68. The quantitative estimate of drug-likeness (QED) is 0.327. The number of aromatic carboxylic acids is 1. The molecule has 1 aromatic heterocycles. The number of nitro groups is 1. The van der Waals surface area contributed by atoms with Gasteiger partial charge in [-0.05, 0) is 23.8 Å². The van der Waals surface area contributed by atoms with Crippen molar-refractivity contribution >= 4 is 39.9 Å². The Morgan fingerprint density at radius 2 is 1.78 bits per heavy atom. The summed E-state index contributed by atoms with van der Waals surface area (Å²) >= 11 is 0. The van der Waals surface area contributed by atoms with Crippen LogP contribution in [-0.2, 0) is 13.1 Å². The van der Waals surface area contributed by atoms with Gasteiger partial charge in [0.2, 0.25) is 0 Å². The second-order valence-corrected chi connectivity index (χ2v) is 9.45. The first-order valence-electron chi connectivity index (χ1n) is 12.0. The molecule has 5 rings (SSSR count). The SMILES string of the molecule is CN(C)c1ccc(/C=C2\C[NH+](Cc3ccccc3)Cc3c2nc2ccccc2c3C(=O)[O-])cc1[N+](=O)[O-]. The Kier molecular flexibility index (Phi) is 6.42. The molecule has 0 bridgehead atoms. The molecule has 1 N–H and O–H groups in total. The molecule has 0 amide bonds. The Morgan fingerprint density at radius 3 is 2.49 bits per heavy atom. The van der Waals surface area contributed by atoms with E-state index in [0.29, 0.717) is 53.0 Å². The molecule has 8 heteroatoms. The lowest BCUT2D eigenvalue weighted by molar-refractivity contribution is -0.921. The number of benzene rings is 3. The first kappa shape index (κ1) is 24.1. The molecule has 0 saturated carbocycles. The van der Waals surface area contributed by atoms with E-state index in [1.165, 1.54) is 0 Å². The Hall–Kier alpha value is -4.56. The number of carboxylic acid groups (broad SMARTS) is 1. The molecular formula is C29H26N4O4. The number of rotatable bonds is 6. The number of pyridine rings is 1. The van der Waals surface area contributed by atoms with Crippen molar-refractivity contribution in [2.75, 3.05) is 25.5 Å². The van der Waals surface area contributed by atoms with E-state index in [2.05, 4.69) is 0 Å². The van der Waals surface area contributed by atoms with E-state index in [-0.39, 0.29) is 16.2 Å². The van der Waals surface area contributed by atoms with E-state index in [1.807, 2.05) is 48.5 Å². The van der Waals surface area contributed by atoms with Crippen LogP contribution in [-0.4, -0.2) is 36.5 Å². The molecule has 0 saturated heterocycles. The predicted molar refractivity (Wildman–Crippen MR) is 141 cm³/mol. The number of quaternary nitrogens is 1. The van der Waals surface area contributed by atoms with Crippen molar-refractivity contribution in [3.05, 3.63) is 111 Å². The van der Waals surface area contributed by atoms with Crippen LogP contribution in [0.5, 0.6) is 0 Å². The van der Waals surface area contributed by atoms with E-state index in [1.54, 1.807) is 49.3 Å². The minimum atomic E-state index is -1.24. The van der Waals surface area contributed by atoms with Gasteiger partial charge in [0, 0.05) is 47.8 Å². The summed E-state index contributed by atoms with van der Waals surface area (Å²) in [6, 6.07) is 22.3. The van der Waals surface area contributed by atoms with Gasteiger partial charge in [-0.2, -0.15) is 0 Å². The molecule has 1 unspecified atom stereocenters. The number of para-hydroxylation sites is 1. The topological polar surface area (TPSA) is 104 Å². The number of aromatic nitrogens is 1. The highest BCUT2D eigenvalue weighted by atomic mass is 16.6. The molecular weight excluding hydrogens is 468 g/mol. The summed E-state index contributed by atoms with van der Waals surface area (Å²) in [5.74, 6) is -1.24. The lowest BCUT2D eigenvalue weighted by Gasteiger charge is -2.30. The summed E-state index contributed by atoms with van der Waals surface area (Å²) in [6.07, 6.45) is 1.89. The van der Waals surface area contributed by atoms with Crippen LogP contribution < -0.4 is 14.9 Å². The maximum atomic E-state index is 12.4. The molecule has 1 aliphatic rings. The third kappa shape index (κ3) is 4.79. The first-order valence-corrected chi connectivity index (χ1v) is 12.0. The van der Waals surface area contributed by atoms with Gasteiger partial charge in [0.25, 0.3) is 5.69 Å². The van der Waals surface area contributed by atoms with Crippen molar-refractivity contribution < 1.29 is 19.7 Å². The van der Waals surface area contributed by atoms with E-state index in [9.17, 15) is 20.0 Å². The van der Waals surface area contributed by atoms with Gasteiger partial charge < -0.3 is 19.7 Å². The van der Waals surface area contributed by atoms with Crippen LogP contribution in [0.25, 0.3) is 22.6 Å². The van der Waals surface area contributed by atoms with Crippen LogP contribution in [0.1, 0.15) is 32.7 Å². The second kappa shape index (κ2) is 9.83. The van der Waals surface area contributed by atoms with Gasteiger partial charge in [-0.3, -0.25) is 10.1 Å². The maximum absolute atomic E-state index is 12.4. The lowest BCUT2D eigenvalue weighted by Crippen LogP contribution is -3.10. The number of carbonyl (C=O) groups excluding carboxylic acids is 1. The van der Waals surface area contributed by atoms with Crippen molar-refractivity contribution in [2.24, 2.45) is 0 Å². The Morgan fingerprint density at radius 1 is 1.05 bits per heavy atom. The standard InChI is InChI=1S/C29H26N4O4/c1-31(2)25-13-12-20(15-26(25)33(36)37)14-21-17-32(16-19-8-4-3-5-9-19)18-23-27(29(34)35)22-10-6-7-11-24(22)30-28(21)23/h3-15H,16-18H2,1-2H3,(H,34,35)/b21-14+. The number of nitrogens with one attached hydrogen (secondary N) is 1. The number of carboxylic acids is 1. The lowest BCUT2D eigenvalue weighted by atomic mass is 9.91. The Labute approximate surface area is 214 Å². The number of hydrogen-bond donors (Lipinski definition) is 1. The van der Waals surface area contributed by atoms with Gasteiger partial charge in [0.1, 0.15) is 25.3 Å². The molecule has 8 nitrogen and oxygen atoms in total. The highest BCUT2D eigenvalue weighted by Gasteiger charge is 2.29. The molecule has 3 aromatic carbocycles. The zero-order chi connectivity index (χ0) is 26.1. The molecule has 1 atom stereocenters. The van der Waals surface area contributed by atoms with Gasteiger partial charge in [0.05, 0.1) is 22.1 Å². The van der Waals surface area contributed by atoms with Crippen molar-refractivity contribution in [3.63, 3.8) is 0 Å². The Bertz CT molecular complexity index is 1550. The fourth-order valence-corrected chi connectivity index (χ4v) is 5.07. The summed E-state index contributed by atoms with van der Waals surface area (Å²) in [6.45, 7) is 1.75. The minimum absolute atomic E-state index is 0.00534. The summed E-state index contributed by atoms with van der Waals surface area (Å²) < 4.78 is 0. The van der Waals surface area contributed by atoms with Crippen LogP contribution in [0.4, 0.5) is 11.4 Å². The normalized spacial score (nSPS) is 15.9. The number of hydrogen-bond acceptors (Lipinski definition) is 6. The van der Waals surface area contributed by atoms with Gasteiger partial charge in [0.15, 0.2) is 0 Å². The average molecular weight is 495 g/mol. The van der Waals surface area contributed by atoms with Gasteiger partial charge in [-0.15, -0.1) is 0 Å². The summed E-state index contributed by atoms with van der Waals surface area (Å²) in [7, 11) is 3.53. The summed E-state index contributed by atoms with van der Waals surface area (Å²) in [5.41, 5.74) is 5.10. The summed E-state index contributed by atoms with van der Waals surface area (Å²) in [4.78, 5) is 31.5. The molecule has 0 fully saturated rings. The van der Waals surface area contributed by atoms with E-state index in [0.717, 1.165) is 16.0 Å². The largest absolute Gasteiger partial charge is 0.545 e. The minimum Gasteiger partial charge on any atom is -0.545 e. The molecule has 37 heavy (non-hydrogen) atoms. The average Bonchev–Trinajstić information content (AvgIpc) is 2.87. The van der Waals surface area contributed by atoms with E-state index >= 15 is 0 Å². The molecule has 0 spiro atoms. The van der Waals surface area contributed by atoms with E-state index < -0.39 is 5.97 Å². The fraction of sp³-hybridized carbons (Fsp3) is 0.172. The van der Waals surface area contributed by atoms with Gasteiger partial charge in [-0.25, -0.2) is 4.98 Å². The molecule has 2 heterocycles. The molecule has 186 valence electrons. The zero-order valence-electron chi connectivity index (χ0n) is 20.6. The maximum Gasteiger partial charge on any atom is 0.293 e. The third-order valence-electron chi connectivity index (χ3n) is 6.68. The number of nitro benzene ring substituents is 1. The highest BCUT2D eigenvalue weighted by Crippen LogP contribution is 2.32. The van der Waals surface area contributed by atoms with Crippen LogP contribution in [0, 0.1) is 10.1 Å². The van der Waals surface area contributed by atoms with Crippen LogP contribution in [0.3, 0.4) is 0 Å². The first-order chi connectivity index (χ1) is 17.8. The Balaban J connectivity index is 1.69. The van der Waals surface area contributed by atoms with Crippen molar-refractivity contribution in [3.8, 4) is 0 Å². The number of carbonyl (C=O) groups is 1. The smallest absolute Gasteiger partial charge is 0.293 e. The van der Waals surface area contributed by atoms with Crippen LogP contribution in [0.2, 0.25) is 0 Å². The number of anilines is 1. The van der Waals surface area contributed by atoms with Gasteiger partial charge in [-0.1, -0.05) is 54.6 Å². The van der Waals surface area contributed by atoms with Crippen molar-refractivity contribution in [2.45, 2.75) is 13.1 Å². The van der Waals surface area contributed by atoms with E-state index in [4.69, 9.17) is 4.98 Å². The fourth-order valence-electron chi connectivity index (χ4n) is 5.07. The summed E-state index contributed by atoms with van der Waals surface area (Å²) in [5, 5.41) is 24.7. The van der Waals surface area contributed by atoms with Crippen molar-refractivity contribution in [1.82, 2.24) is 4.98 Å². The number of nitrogens with zero attached hydrogens (tertiary/aromatic N) is 3. The molecule has 4 aromatic rings.